The fraction of sp³-hybridized carbons (Fsp3) is 0.375. The summed E-state index contributed by atoms with van der Waals surface area (Å²) in [7, 11) is 0. The number of carbonyl (C=O) groups excluding carboxylic acids is 2. The number of hydrogen-bond acceptors (Lipinski definition) is 7. The second-order valence-electron chi connectivity index (χ2n) is 8.28. The van der Waals surface area contributed by atoms with Crippen LogP contribution >= 0.6 is 0 Å². The van der Waals surface area contributed by atoms with Gasteiger partial charge in [0.1, 0.15) is 30.3 Å². The van der Waals surface area contributed by atoms with E-state index < -0.39 is 24.8 Å². The van der Waals surface area contributed by atoms with Gasteiger partial charge in [0.05, 0.1) is 30.0 Å². The van der Waals surface area contributed by atoms with E-state index >= 15 is 0 Å². The zero-order valence-corrected chi connectivity index (χ0v) is 18.1. The van der Waals surface area contributed by atoms with Crippen molar-refractivity contribution in [3.63, 3.8) is 0 Å². The number of benzene rings is 1. The predicted molar refractivity (Wildman–Crippen MR) is 118 cm³/mol. The highest BCUT2D eigenvalue weighted by molar-refractivity contribution is 5.94. The number of nitrogens with zero attached hydrogens (tertiary/aromatic N) is 4. The molecule has 1 saturated heterocycles. The smallest absolute Gasteiger partial charge is 0.248 e. The molecule has 2 N–H and O–H groups in total. The molecule has 0 radical (unpaired) electrons. The van der Waals surface area contributed by atoms with Crippen molar-refractivity contribution in [2.24, 2.45) is 11.8 Å². The minimum atomic E-state index is -1.45. The number of aromatic nitrogens is 1. The standard InChI is InChI=1S/C24H22FN5O4/c25-19-12-30(23(32)13-31)6-4-21(19)34-20-2-1-14(7-17(20)11-27)15-3-5-28-22(9-15)29-24(33)18-8-16(18)10-26/h1-3,5,7,9,16,18-19,21,31H,4,6,8,12-13H2,(H,28,29,33)/t16?,18?,19-,21+/m1/s1. The molecule has 34 heavy (non-hydrogen) atoms. The van der Waals surface area contributed by atoms with Gasteiger partial charge in [-0.2, -0.15) is 10.5 Å². The number of nitriles is 2. The maximum Gasteiger partial charge on any atom is 0.248 e. The van der Waals surface area contributed by atoms with Gasteiger partial charge in [-0.15, -0.1) is 0 Å². The predicted octanol–water partition coefficient (Wildman–Crippen LogP) is 2.03. The molecule has 174 valence electrons. The van der Waals surface area contributed by atoms with Gasteiger partial charge in [-0.3, -0.25) is 9.59 Å². The van der Waals surface area contributed by atoms with Crippen molar-refractivity contribution in [1.82, 2.24) is 9.88 Å². The zero-order valence-electron chi connectivity index (χ0n) is 18.1. The van der Waals surface area contributed by atoms with Gasteiger partial charge in [-0.1, -0.05) is 6.07 Å². The number of carbonyl (C=O) groups is 2. The van der Waals surface area contributed by atoms with E-state index in [1.165, 1.54) is 11.1 Å². The maximum atomic E-state index is 14.6. The third kappa shape index (κ3) is 4.98. The Morgan fingerprint density at radius 1 is 1.26 bits per heavy atom. The van der Waals surface area contributed by atoms with Crippen LogP contribution in [-0.2, 0) is 9.59 Å². The van der Waals surface area contributed by atoms with E-state index in [4.69, 9.17) is 15.1 Å². The van der Waals surface area contributed by atoms with E-state index in [-0.39, 0.29) is 48.6 Å². The highest BCUT2D eigenvalue weighted by Crippen LogP contribution is 2.38. The molecule has 1 aromatic carbocycles. The topological polar surface area (TPSA) is 139 Å². The third-order valence-electron chi connectivity index (χ3n) is 5.99. The lowest BCUT2D eigenvalue weighted by molar-refractivity contribution is -0.138. The molecule has 1 aliphatic carbocycles. The first-order chi connectivity index (χ1) is 16.4. The number of aliphatic hydroxyl groups is 1. The number of aliphatic hydroxyl groups excluding tert-OH is 1. The summed E-state index contributed by atoms with van der Waals surface area (Å²) in [4.78, 5) is 29.2. The van der Waals surface area contributed by atoms with Gasteiger partial charge in [0.15, 0.2) is 6.17 Å². The van der Waals surface area contributed by atoms with Gasteiger partial charge in [-0.25, -0.2) is 9.37 Å². The lowest BCUT2D eigenvalue weighted by atomic mass is 10.0. The molecule has 4 atom stereocenters. The molecule has 2 heterocycles. The van der Waals surface area contributed by atoms with Gasteiger partial charge in [0.2, 0.25) is 11.8 Å². The van der Waals surface area contributed by atoms with Crippen LogP contribution in [0.2, 0.25) is 0 Å². The van der Waals surface area contributed by atoms with Gasteiger partial charge in [-0.05, 0) is 41.8 Å². The molecule has 4 rings (SSSR count). The minimum absolute atomic E-state index is 0.175. The number of ether oxygens (including phenoxy) is 1. The number of piperidine rings is 1. The van der Waals surface area contributed by atoms with Crippen molar-refractivity contribution in [3.05, 3.63) is 42.1 Å². The summed E-state index contributed by atoms with van der Waals surface area (Å²) in [6, 6.07) is 12.5. The molecule has 2 aromatic rings. The Labute approximate surface area is 195 Å². The summed E-state index contributed by atoms with van der Waals surface area (Å²) < 4.78 is 20.4. The summed E-state index contributed by atoms with van der Waals surface area (Å²) in [6.07, 6.45) is 0.0502. The van der Waals surface area contributed by atoms with E-state index in [1.807, 2.05) is 0 Å². The van der Waals surface area contributed by atoms with E-state index in [2.05, 4.69) is 22.4 Å². The Morgan fingerprint density at radius 2 is 2.06 bits per heavy atom. The molecule has 2 unspecified atom stereocenters. The van der Waals surface area contributed by atoms with Crippen LogP contribution in [0.4, 0.5) is 10.2 Å². The molecule has 1 saturated carbocycles. The number of likely N-dealkylation sites (tertiary alicyclic amines) is 1. The van der Waals surface area contributed by atoms with Crippen molar-refractivity contribution < 1.29 is 23.8 Å². The first kappa shape index (κ1) is 23.1. The molecular weight excluding hydrogens is 441 g/mol. The summed E-state index contributed by atoms with van der Waals surface area (Å²) in [5.41, 5.74) is 1.61. The van der Waals surface area contributed by atoms with Crippen LogP contribution in [0.15, 0.2) is 36.5 Å². The normalized spacial score (nSPS) is 23.4. The lowest BCUT2D eigenvalue weighted by Crippen LogP contribution is -2.50. The van der Waals surface area contributed by atoms with Crippen LogP contribution in [0, 0.1) is 34.5 Å². The monoisotopic (exact) mass is 463 g/mol. The molecule has 1 aromatic heterocycles. The molecule has 2 amide bonds. The Balaban J connectivity index is 1.46. The number of hydrogen-bond donors (Lipinski definition) is 2. The van der Waals surface area contributed by atoms with Crippen molar-refractivity contribution in [3.8, 4) is 29.0 Å². The van der Waals surface area contributed by atoms with Crippen LogP contribution in [0.3, 0.4) is 0 Å². The maximum absolute atomic E-state index is 14.6. The number of pyridine rings is 1. The number of halogens is 1. The van der Waals surface area contributed by atoms with Crippen molar-refractivity contribution in [2.45, 2.75) is 25.1 Å². The Bertz CT molecular complexity index is 1190. The SMILES string of the molecule is N#Cc1cc(-c2ccnc(NC(=O)C3CC3C#N)c2)ccc1O[C@H]1CCN(C(=O)CO)C[C@H]1F. The quantitative estimate of drug-likeness (QED) is 0.668. The minimum Gasteiger partial charge on any atom is -0.486 e. The Hall–Kier alpha value is -4.02. The Kier molecular flexibility index (Phi) is 6.71. The molecule has 10 heteroatoms. The summed E-state index contributed by atoms with van der Waals surface area (Å²) in [5, 5.41) is 30.2. The first-order valence-corrected chi connectivity index (χ1v) is 10.8. The van der Waals surface area contributed by atoms with Gasteiger partial charge < -0.3 is 20.1 Å². The molecular formula is C24H22FN5O4. The number of alkyl halides is 1. The van der Waals surface area contributed by atoms with Gasteiger partial charge in [0.25, 0.3) is 0 Å². The Morgan fingerprint density at radius 3 is 2.74 bits per heavy atom. The van der Waals surface area contributed by atoms with Crippen LogP contribution < -0.4 is 10.1 Å². The van der Waals surface area contributed by atoms with Crippen molar-refractivity contribution in [2.75, 3.05) is 25.0 Å². The molecule has 2 fully saturated rings. The van der Waals surface area contributed by atoms with Gasteiger partial charge in [0, 0.05) is 19.2 Å². The van der Waals surface area contributed by atoms with Crippen LogP contribution in [0.5, 0.6) is 5.75 Å². The molecule has 2 aliphatic rings. The fourth-order valence-electron chi connectivity index (χ4n) is 3.93. The molecule has 0 bridgehead atoms. The number of amides is 2. The molecule has 1 aliphatic heterocycles. The van der Waals surface area contributed by atoms with Crippen LogP contribution in [-0.4, -0.2) is 58.8 Å². The van der Waals surface area contributed by atoms with Crippen LogP contribution in [0.25, 0.3) is 11.1 Å². The summed E-state index contributed by atoms with van der Waals surface area (Å²) >= 11 is 0. The van der Waals surface area contributed by atoms with E-state index in [1.54, 1.807) is 30.3 Å². The zero-order chi connectivity index (χ0) is 24.2. The summed E-state index contributed by atoms with van der Waals surface area (Å²) in [5.74, 6) is -0.761. The second-order valence-corrected chi connectivity index (χ2v) is 8.28. The van der Waals surface area contributed by atoms with E-state index in [0.717, 1.165) is 0 Å². The fourth-order valence-corrected chi connectivity index (χ4v) is 3.93. The second kappa shape index (κ2) is 9.86. The van der Waals surface area contributed by atoms with E-state index in [0.29, 0.717) is 23.4 Å². The van der Waals surface area contributed by atoms with E-state index in [9.17, 15) is 19.2 Å². The highest BCUT2D eigenvalue weighted by atomic mass is 19.1. The van der Waals surface area contributed by atoms with Crippen molar-refractivity contribution in [1.29, 1.82) is 10.5 Å². The largest absolute Gasteiger partial charge is 0.486 e. The highest BCUT2D eigenvalue weighted by Gasteiger charge is 2.43. The number of anilines is 1. The average molecular weight is 463 g/mol. The number of nitrogens with one attached hydrogen (secondary N) is 1. The summed E-state index contributed by atoms with van der Waals surface area (Å²) in [6.45, 7) is -0.586. The third-order valence-corrected chi connectivity index (χ3v) is 5.99. The van der Waals surface area contributed by atoms with Crippen LogP contribution in [0.1, 0.15) is 18.4 Å². The van der Waals surface area contributed by atoms with Gasteiger partial charge >= 0.3 is 0 Å². The number of rotatable bonds is 6. The molecule has 9 nitrogen and oxygen atoms in total. The first-order valence-electron chi connectivity index (χ1n) is 10.8. The molecule has 0 spiro atoms. The average Bonchev–Trinajstić information content (AvgIpc) is 3.65. The van der Waals surface area contributed by atoms with Crippen molar-refractivity contribution >= 4 is 17.6 Å². The lowest BCUT2D eigenvalue weighted by Gasteiger charge is -2.34.